The first-order valence-electron chi connectivity index (χ1n) is 7.35. The van der Waals surface area contributed by atoms with Crippen molar-refractivity contribution in [3.05, 3.63) is 58.6 Å². The summed E-state index contributed by atoms with van der Waals surface area (Å²) in [4.78, 5) is 23.4. The average Bonchev–Trinajstić information content (AvgIpc) is 2.58. The number of hydrogen-bond donors (Lipinski definition) is 3. The van der Waals surface area contributed by atoms with Crippen LogP contribution in [0.2, 0.25) is 5.02 Å². The second-order valence-corrected chi connectivity index (χ2v) is 5.79. The van der Waals surface area contributed by atoms with Crippen LogP contribution >= 0.6 is 11.6 Å². The Morgan fingerprint density at radius 1 is 1.17 bits per heavy atom. The largest absolute Gasteiger partial charge is 0.398 e. The van der Waals surface area contributed by atoms with Gasteiger partial charge in [0.2, 0.25) is 5.91 Å². The van der Waals surface area contributed by atoms with Gasteiger partial charge in [-0.1, -0.05) is 23.7 Å². The number of amides is 2. The highest BCUT2D eigenvalue weighted by molar-refractivity contribution is 6.31. The van der Waals surface area contributed by atoms with Crippen LogP contribution in [0.15, 0.2) is 47.6 Å². The number of nitrogen functional groups attached to an aromatic ring is 1. The van der Waals surface area contributed by atoms with Crippen molar-refractivity contribution in [1.82, 2.24) is 5.43 Å². The van der Waals surface area contributed by atoms with Gasteiger partial charge in [-0.05, 0) is 35.9 Å². The molecule has 24 heavy (non-hydrogen) atoms. The summed E-state index contributed by atoms with van der Waals surface area (Å²) >= 11 is 5.90. The van der Waals surface area contributed by atoms with E-state index in [4.69, 9.17) is 17.3 Å². The smallest absolute Gasteiger partial charge is 0.257 e. The Bertz CT molecular complexity index is 831. The third-order valence-electron chi connectivity index (χ3n) is 3.64. The van der Waals surface area contributed by atoms with Crippen molar-refractivity contribution in [3.8, 4) is 0 Å². The number of nitrogens with one attached hydrogen (secondary N) is 2. The van der Waals surface area contributed by atoms with Crippen LogP contribution in [0.3, 0.4) is 0 Å². The maximum Gasteiger partial charge on any atom is 0.257 e. The van der Waals surface area contributed by atoms with Crippen molar-refractivity contribution in [3.63, 3.8) is 0 Å². The molecule has 1 aliphatic rings. The molecule has 0 atom stereocenters. The van der Waals surface area contributed by atoms with Crippen LogP contribution in [0.5, 0.6) is 0 Å². The van der Waals surface area contributed by atoms with E-state index in [0.717, 1.165) is 11.3 Å². The Morgan fingerprint density at radius 3 is 2.58 bits per heavy atom. The zero-order valence-corrected chi connectivity index (χ0v) is 13.4. The molecule has 6 nitrogen and oxygen atoms in total. The molecular weight excluding hydrogens is 328 g/mol. The second kappa shape index (κ2) is 6.72. The number of nitrogens with two attached hydrogens (primary N) is 1. The predicted molar refractivity (Wildman–Crippen MR) is 94.2 cm³/mol. The number of halogens is 1. The fourth-order valence-corrected chi connectivity index (χ4v) is 2.52. The fourth-order valence-electron chi connectivity index (χ4n) is 2.35. The molecular formula is C17H15ClN4O2. The van der Waals surface area contributed by atoms with E-state index in [0.29, 0.717) is 34.8 Å². The number of hydrazone groups is 1. The summed E-state index contributed by atoms with van der Waals surface area (Å²) in [5.74, 6) is -0.410. The molecule has 0 fully saturated rings. The van der Waals surface area contributed by atoms with Gasteiger partial charge >= 0.3 is 0 Å². The van der Waals surface area contributed by atoms with E-state index in [-0.39, 0.29) is 11.8 Å². The van der Waals surface area contributed by atoms with Crippen LogP contribution in [0.25, 0.3) is 0 Å². The third kappa shape index (κ3) is 3.55. The lowest BCUT2D eigenvalue weighted by Crippen LogP contribution is -2.25. The molecule has 0 spiro atoms. The van der Waals surface area contributed by atoms with Gasteiger partial charge in [0.25, 0.3) is 5.91 Å². The number of benzene rings is 2. The third-order valence-corrected chi connectivity index (χ3v) is 3.88. The molecule has 2 aromatic rings. The fraction of sp³-hybridized carbons (Fsp3) is 0.118. The van der Waals surface area contributed by atoms with Crippen LogP contribution in [-0.2, 0) is 4.79 Å². The normalized spacial score (nSPS) is 13.9. The molecule has 7 heteroatoms. The van der Waals surface area contributed by atoms with Crippen LogP contribution in [-0.4, -0.2) is 17.5 Å². The summed E-state index contributed by atoms with van der Waals surface area (Å²) in [5, 5.41) is 7.26. The Balaban J connectivity index is 1.73. The van der Waals surface area contributed by atoms with Gasteiger partial charge in [0.05, 0.1) is 11.3 Å². The minimum Gasteiger partial charge on any atom is -0.398 e. The summed E-state index contributed by atoms with van der Waals surface area (Å²) in [6.45, 7) is 0. The van der Waals surface area contributed by atoms with E-state index < -0.39 is 0 Å². The van der Waals surface area contributed by atoms with E-state index in [1.54, 1.807) is 24.3 Å². The summed E-state index contributed by atoms with van der Waals surface area (Å²) in [6, 6.07) is 12.0. The van der Waals surface area contributed by atoms with Gasteiger partial charge in [0.1, 0.15) is 0 Å². The summed E-state index contributed by atoms with van der Waals surface area (Å²) in [7, 11) is 0. The molecule has 0 saturated heterocycles. The first-order chi connectivity index (χ1) is 11.5. The lowest BCUT2D eigenvalue weighted by molar-refractivity contribution is -0.121. The van der Waals surface area contributed by atoms with E-state index in [9.17, 15) is 9.59 Å². The van der Waals surface area contributed by atoms with Crippen molar-refractivity contribution in [2.75, 3.05) is 11.1 Å². The van der Waals surface area contributed by atoms with Crippen molar-refractivity contribution in [1.29, 1.82) is 0 Å². The Kier molecular flexibility index (Phi) is 4.48. The molecule has 0 radical (unpaired) electrons. The van der Waals surface area contributed by atoms with Crippen LogP contribution < -0.4 is 16.5 Å². The van der Waals surface area contributed by atoms with Gasteiger partial charge in [0, 0.05) is 29.2 Å². The second-order valence-electron chi connectivity index (χ2n) is 5.36. The highest BCUT2D eigenvalue weighted by Crippen LogP contribution is 2.20. The number of carbonyl (C=O) groups is 2. The summed E-state index contributed by atoms with van der Waals surface area (Å²) in [6.07, 6.45) is 1.02. The zero-order chi connectivity index (χ0) is 17.1. The van der Waals surface area contributed by atoms with Crippen LogP contribution in [0.4, 0.5) is 11.4 Å². The van der Waals surface area contributed by atoms with Crippen molar-refractivity contribution >= 4 is 40.5 Å². The first kappa shape index (κ1) is 16.0. The van der Waals surface area contributed by atoms with Gasteiger partial charge in [0.15, 0.2) is 0 Å². The molecule has 3 rings (SSSR count). The number of rotatable bonds is 3. The van der Waals surface area contributed by atoms with Crippen molar-refractivity contribution in [2.24, 2.45) is 5.10 Å². The van der Waals surface area contributed by atoms with Crippen LogP contribution in [0, 0.1) is 0 Å². The quantitative estimate of drug-likeness (QED) is 0.748. The van der Waals surface area contributed by atoms with Crippen LogP contribution in [0.1, 0.15) is 28.8 Å². The number of nitrogens with zero attached hydrogens (tertiary/aromatic N) is 1. The van der Waals surface area contributed by atoms with Gasteiger partial charge in [-0.2, -0.15) is 5.10 Å². The SMILES string of the molecule is Nc1ccc(Cl)cc1C(=O)Nc1ccc(C2=NNC(=O)CC2)cc1. The van der Waals surface area contributed by atoms with Gasteiger partial charge in [-0.25, -0.2) is 5.43 Å². The highest BCUT2D eigenvalue weighted by Gasteiger charge is 2.14. The molecule has 1 aliphatic heterocycles. The number of carbonyl (C=O) groups excluding carboxylic acids is 2. The Morgan fingerprint density at radius 2 is 1.92 bits per heavy atom. The Labute approximate surface area is 143 Å². The van der Waals surface area contributed by atoms with E-state index in [1.165, 1.54) is 6.07 Å². The van der Waals surface area contributed by atoms with Crippen molar-refractivity contribution < 1.29 is 9.59 Å². The van der Waals surface area contributed by atoms with Gasteiger partial charge < -0.3 is 11.1 Å². The topological polar surface area (TPSA) is 96.6 Å². The molecule has 0 aliphatic carbocycles. The van der Waals surface area contributed by atoms with Gasteiger partial charge in [-0.15, -0.1) is 0 Å². The van der Waals surface area contributed by atoms with Crippen molar-refractivity contribution in [2.45, 2.75) is 12.8 Å². The number of hydrogen-bond acceptors (Lipinski definition) is 4. The zero-order valence-electron chi connectivity index (χ0n) is 12.7. The average molecular weight is 343 g/mol. The summed E-state index contributed by atoms with van der Waals surface area (Å²) < 4.78 is 0. The molecule has 2 aromatic carbocycles. The Hall–Kier alpha value is -2.86. The first-order valence-corrected chi connectivity index (χ1v) is 7.73. The number of anilines is 2. The minimum atomic E-state index is -0.329. The monoisotopic (exact) mass is 342 g/mol. The van der Waals surface area contributed by atoms with E-state index in [2.05, 4.69) is 15.8 Å². The molecule has 2 amide bonds. The van der Waals surface area contributed by atoms with E-state index in [1.807, 2.05) is 12.1 Å². The molecule has 122 valence electrons. The molecule has 1 heterocycles. The standard InChI is InChI=1S/C17H15ClN4O2/c18-11-3-6-14(19)13(9-11)17(24)20-12-4-1-10(2-5-12)15-7-8-16(23)22-21-15/h1-6,9H,7-8,19H2,(H,20,24)(H,22,23). The maximum absolute atomic E-state index is 12.3. The lowest BCUT2D eigenvalue weighted by Gasteiger charge is -2.13. The molecule has 0 unspecified atom stereocenters. The lowest BCUT2D eigenvalue weighted by atomic mass is 10.0. The molecule has 0 bridgehead atoms. The summed E-state index contributed by atoms with van der Waals surface area (Å²) in [5.41, 5.74) is 11.3. The molecule has 4 N–H and O–H groups in total. The van der Waals surface area contributed by atoms with Gasteiger partial charge in [-0.3, -0.25) is 9.59 Å². The van der Waals surface area contributed by atoms with E-state index >= 15 is 0 Å². The highest BCUT2D eigenvalue weighted by atomic mass is 35.5. The molecule has 0 saturated carbocycles. The predicted octanol–water partition coefficient (Wildman–Crippen LogP) is 2.79. The maximum atomic E-state index is 12.3. The minimum absolute atomic E-state index is 0.0817. The molecule has 0 aromatic heterocycles.